The predicted molar refractivity (Wildman–Crippen MR) is 79.9 cm³/mol. The van der Waals surface area contributed by atoms with E-state index >= 15 is 0 Å². The van der Waals surface area contributed by atoms with Gasteiger partial charge in [-0.05, 0) is 23.8 Å². The summed E-state index contributed by atoms with van der Waals surface area (Å²) in [7, 11) is 0. The molecule has 0 amide bonds. The SMILES string of the molecule is CC(C)(COC(=O)/C=C/C(=O)[O-])COC(=O)c1cccc(C(=O)[O-])c1. The van der Waals surface area contributed by atoms with Gasteiger partial charge in [0, 0.05) is 11.5 Å². The largest absolute Gasteiger partial charge is 0.545 e. The van der Waals surface area contributed by atoms with Crippen molar-refractivity contribution in [3.05, 3.63) is 47.5 Å². The monoisotopic (exact) mass is 348 g/mol. The quantitative estimate of drug-likeness (QED) is 0.435. The zero-order valence-electron chi connectivity index (χ0n) is 13.6. The zero-order valence-corrected chi connectivity index (χ0v) is 13.6. The molecular weight excluding hydrogens is 332 g/mol. The van der Waals surface area contributed by atoms with E-state index in [1.54, 1.807) is 13.8 Å². The fourth-order valence-corrected chi connectivity index (χ4v) is 1.61. The molecule has 0 radical (unpaired) electrons. The summed E-state index contributed by atoms with van der Waals surface area (Å²) >= 11 is 0. The highest BCUT2D eigenvalue weighted by Gasteiger charge is 2.23. The van der Waals surface area contributed by atoms with Crippen LogP contribution in [-0.2, 0) is 19.1 Å². The lowest BCUT2D eigenvalue weighted by Gasteiger charge is -2.23. The lowest BCUT2D eigenvalue weighted by atomic mass is 9.96. The summed E-state index contributed by atoms with van der Waals surface area (Å²) in [4.78, 5) is 44.2. The van der Waals surface area contributed by atoms with E-state index in [0.29, 0.717) is 12.2 Å². The van der Waals surface area contributed by atoms with E-state index in [-0.39, 0.29) is 24.3 Å². The number of benzene rings is 1. The second-order valence-electron chi connectivity index (χ2n) is 5.87. The van der Waals surface area contributed by atoms with Gasteiger partial charge < -0.3 is 29.3 Å². The van der Waals surface area contributed by atoms with E-state index in [1.165, 1.54) is 18.2 Å². The number of aliphatic carboxylic acids is 1. The van der Waals surface area contributed by atoms with Crippen LogP contribution in [0.25, 0.3) is 0 Å². The van der Waals surface area contributed by atoms with Gasteiger partial charge in [-0.2, -0.15) is 0 Å². The summed E-state index contributed by atoms with van der Waals surface area (Å²) in [6.07, 6.45) is 1.25. The van der Waals surface area contributed by atoms with Crippen LogP contribution in [0, 0.1) is 5.41 Å². The van der Waals surface area contributed by atoms with Crippen molar-refractivity contribution < 1.29 is 38.9 Å². The van der Waals surface area contributed by atoms with Crippen LogP contribution in [0.15, 0.2) is 36.4 Å². The van der Waals surface area contributed by atoms with Crippen LogP contribution in [0.5, 0.6) is 0 Å². The third-order valence-electron chi connectivity index (χ3n) is 2.89. The van der Waals surface area contributed by atoms with Crippen LogP contribution in [0.4, 0.5) is 0 Å². The van der Waals surface area contributed by atoms with E-state index in [0.717, 1.165) is 6.07 Å². The van der Waals surface area contributed by atoms with Crippen molar-refractivity contribution in [2.75, 3.05) is 13.2 Å². The molecule has 0 atom stereocenters. The molecule has 0 spiro atoms. The number of hydrogen-bond donors (Lipinski definition) is 0. The summed E-state index contributed by atoms with van der Waals surface area (Å²) in [6, 6.07) is 5.20. The van der Waals surface area contributed by atoms with Gasteiger partial charge in [0.1, 0.15) is 0 Å². The Bertz CT molecular complexity index is 702. The molecule has 0 fully saturated rings. The second kappa shape index (κ2) is 8.62. The molecular formula is C17H16O8-2. The Morgan fingerprint density at radius 1 is 1.00 bits per heavy atom. The summed E-state index contributed by atoms with van der Waals surface area (Å²) < 4.78 is 9.94. The van der Waals surface area contributed by atoms with Crippen molar-refractivity contribution in [2.45, 2.75) is 13.8 Å². The first-order chi connectivity index (χ1) is 11.6. The predicted octanol–water partition coefficient (Wildman–Crippen LogP) is -0.918. The topological polar surface area (TPSA) is 133 Å². The van der Waals surface area contributed by atoms with E-state index in [4.69, 9.17) is 9.47 Å². The van der Waals surface area contributed by atoms with E-state index in [2.05, 4.69) is 0 Å². The molecule has 0 saturated heterocycles. The number of hydrogen-bond acceptors (Lipinski definition) is 8. The maximum Gasteiger partial charge on any atom is 0.338 e. The Kier molecular flexibility index (Phi) is 6.86. The number of esters is 2. The van der Waals surface area contributed by atoms with Gasteiger partial charge in [-0.3, -0.25) is 0 Å². The normalized spacial score (nSPS) is 11.1. The molecule has 134 valence electrons. The van der Waals surface area contributed by atoms with Gasteiger partial charge in [0.25, 0.3) is 0 Å². The van der Waals surface area contributed by atoms with Crippen LogP contribution >= 0.6 is 0 Å². The van der Waals surface area contributed by atoms with E-state index in [9.17, 15) is 29.4 Å². The molecule has 8 heteroatoms. The molecule has 0 N–H and O–H groups in total. The number of aromatic carboxylic acids is 1. The molecule has 0 aliphatic rings. The van der Waals surface area contributed by atoms with Gasteiger partial charge in [-0.25, -0.2) is 9.59 Å². The number of carboxylic acid groups (broad SMARTS) is 2. The van der Waals surface area contributed by atoms with Crippen molar-refractivity contribution >= 4 is 23.9 Å². The first-order valence-electron chi connectivity index (χ1n) is 7.15. The molecule has 8 nitrogen and oxygen atoms in total. The van der Waals surface area contributed by atoms with Crippen molar-refractivity contribution in [1.29, 1.82) is 0 Å². The highest BCUT2D eigenvalue weighted by Crippen LogP contribution is 2.17. The highest BCUT2D eigenvalue weighted by atomic mass is 16.5. The molecule has 0 aromatic heterocycles. The molecule has 0 aliphatic heterocycles. The molecule has 0 bridgehead atoms. The first-order valence-corrected chi connectivity index (χ1v) is 7.15. The Hall–Kier alpha value is -3.16. The number of carboxylic acids is 2. The lowest BCUT2D eigenvalue weighted by molar-refractivity contribution is -0.297. The zero-order chi connectivity index (χ0) is 19.0. The minimum absolute atomic E-state index is 0.0476. The van der Waals surface area contributed by atoms with Crippen LogP contribution in [-0.4, -0.2) is 37.1 Å². The van der Waals surface area contributed by atoms with Crippen molar-refractivity contribution in [3.8, 4) is 0 Å². The Labute approximate surface area is 143 Å². The van der Waals surface area contributed by atoms with Gasteiger partial charge >= 0.3 is 11.9 Å². The first kappa shape index (κ1) is 19.9. The molecule has 0 heterocycles. The summed E-state index contributed by atoms with van der Waals surface area (Å²) in [5, 5.41) is 21.0. The van der Waals surface area contributed by atoms with Crippen LogP contribution in [0.1, 0.15) is 34.6 Å². The Morgan fingerprint density at radius 3 is 2.20 bits per heavy atom. The second-order valence-corrected chi connectivity index (χ2v) is 5.87. The van der Waals surface area contributed by atoms with Crippen LogP contribution < -0.4 is 10.2 Å². The molecule has 25 heavy (non-hydrogen) atoms. The lowest BCUT2D eigenvalue weighted by Crippen LogP contribution is -2.28. The van der Waals surface area contributed by atoms with Gasteiger partial charge in [0.2, 0.25) is 0 Å². The molecule has 1 aromatic rings. The summed E-state index contributed by atoms with van der Waals surface area (Å²) in [5.74, 6) is -4.54. The van der Waals surface area contributed by atoms with Gasteiger partial charge in [0.05, 0.1) is 30.7 Å². The highest BCUT2D eigenvalue weighted by molar-refractivity contribution is 5.93. The third-order valence-corrected chi connectivity index (χ3v) is 2.89. The molecule has 0 unspecified atom stereocenters. The van der Waals surface area contributed by atoms with Gasteiger partial charge in [0.15, 0.2) is 0 Å². The maximum absolute atomic E-state index is 12.0. The smallest absolute Gasteiger partial charge is 0.338 e. The summed E-state index contributed by atoms with van der Waals surface area (Å²) in [6.45, 7) is 3.08. The number of carbonyl (C=O) groups is 4. The average Bonchev–Trinajstić information content (AvgIpc) is 2.56. The molecule has 0 aliphatic carbocycles. The van der Waals surface area contributed by atoms with E-state index < -0.39 is 29.3 Å². The summed E-state index contributed by atoms with van der Waals surface area (Å²) in [5.41, 5.74) is -0.846. The number of ether oxygens (including phenoxy) is 2. The molecule has 0 saturated carbocycles. The van der Waals surface area contributed by atoms with Crippen molar-refractivity contribution in [3.63, 3.8) is 0 Å². The van der Waals surface area contributed by atoms with Gasteiger partial charge in [-0.15, -0.1) is 0 Å². The van der Waals surface area contributed by atoms with Crippen molar-refractivity contribution in [1.82, 2.24) is 0 Å². The van der Waals surface area contributed by atoms with Crippen molar-refractivity contribution in [2.24, 2.45) is 5.41 Å². The number of carbonyl (C=O) groups excluding carboxylic acids is 4. The number of rotatable bonds is 8. The average molecular weight is 348 g/mol. The minimum atomic E-state index is -1.52. The Morgan fingerprint density at radius 2 is 1.60 bits per heavy atom. The fourth-order valence-electron chi connectivity index (χ4n) is 1.61. The Balaban J connectivity index is 2.56. The third kappa shape index (κ3) is 7.30. The van der Waals surface area contributed by atoms with Crippen LogP contribution in [0.2, 0.25) is 0 Å². The standard InChI is InChI=1S/C17H18O8/c1-17(2,9-24-14(20)7-6-13(18)19)10-25-16(23)12-5-3-4-11(8-12)15(21)22/h3-8H,9-10H2,1-2H3,(H,18,19)(H,21,22)/p-2/b7-6+. The van der Waals surface area contributed by atoms with Crippen LogP contribution in [0.3, 0.4) is 0 Å². The fraction of sp³-hybridized carbons (Fsp3) is 0.294. The van der Waals surface area contributed by atoms with E-state index in [1.807, 2.05) is 0 Å². The maximum atomic E-state index is 12.0. The minimum Gasteiger partial charge on any atom is -0.545 e. The van der Waals surface area contributed by atoms with Gasteiger partial charge in [-0.1, -0.05) is 26.0 Å². The molecule has 1 aromatic carbocycles. The molecule has 1 rings (SSSR count).